The number of aryl methyl sites for hydroxylation is 1. The lowest BCUT2D eigenvalue weighted by Crippen LogP contribution is -2.07. The molecule has 1 amide bonds. The molecule has 0 atom stereocenters. The van der Waals surface area contributed by atoms with Gasteiger partial charge >= 0.3 is 0 Å². The SMILES string of the molecule is CC(=O)Nc1cc(C)c(F)cn1. The van der Waals surface area contributed by atoms with Crippen molar-refractivity contribution in [3.05, 3.63) is 23.6 Å². The molecule has 0 bridgehead atoms. The van der Waals surface area contributed by atoms with Crippen molar-refractivity contribution < 1.29 is 9.18 Å². The van der Waals surface area contributed by atoms with Gasteiger partial charge in [0.25, 0.3) is 0 Å². The third-order valence-electron chi connectivity index (χ3n) is 1.35. The lowest BCUT2D eigenvalue weighted by atomic mass is 10.3. The van der Waals surface area contributed by atoms with E-state index >= 15 is 0 Å². The maximum absolute atomic E-state index is 12.7. The van der Waals surface area contributed by atoms with Crippen LogP contribution in [0.5, 0.6) is 0 Å². The largest absolute Gasteiger partial charge is 0.311 e. The molecule has 0 aromatic carbocycles. The predicted octanol–water partition coefficient (Wildman–Crippen LogP) is 1.49. The summed E-state index contributed by atoms with van der Waals surface area (Å²) < 4.78 is 12.7. The normalized spacial score (nSPS) is 9.58. The number of rotatable bonds is 1. The van der Waals surface area contributed by atoms with Crippen molar-refractivity contribution in [2.24, 2.45) is 0 Å². The highest BCUT2D eigenvalue weighted by Crippen LogP contribution is 2.09. The van der Waals surface area contributed by atoms with E-state index in [0.29, 0.717) is 11.4 Å². The second-order valence-electron chi connectivity index (χ2n) is 2.50. The van der Waals surface area contributed by atoms with Crippen molar-refractivity contribution in [3.8, 4) is 0 Å². The van der Waals surface area contributed by atoms with Gasteiger partial charge in [0.15, 0.2) is 0 Å². The summed E-state index contributed by atoms with van der Waals surface area (Å²) in [6, 6.07) is 1.48. The molecule has 1 N–H and O–H groups in total. The number of anilines is 1. The highest BCUT2D eigenvalue weighted by atomic mass is 19.1. The topological polar surface area (TPSA) is 42.0 Å². The third kappa shape index (κ3) is 2.02. The molecule has 0 spiro atoms. The van der Waals surface area contributed by atoms with E-state index < -0.39 is 0 Å². The van der Waals surface area contributed by atoms with Gasteiger partial charge in [-0.2, -0.15) is 0 Å². The van der Waals surface area contributed by atoms with Crippen molar-refractivity contribution >= 4 is 11.7 Å². The maximum Gasteiger partial charge on any atom is 0.222 e. The van der Waals surface area contributed by atoms with Crippen LogP contribution in [-0.2, 0) is 4.79 Å². The van der Waals surface area contributed by atoms with E-state index in [-0.39, 0.29) is 11.7 Å². The molecule has 0 aliphatic carbocycles. The summed E-state index contributed by atoms with van der Waals surface area (Å²) in [4.78, 5) is 14.2. The van der Waals surface area contributed by atoms with Gasteiger partial charge in [-0.25, -0.2) is 9.37 Å². The Labute approximate surface area is 69.6 Å². The van der Waals surface area contributed by atoms with Gasteiger partial charge in [0, 0.05) is 6.92 Å². The maximum atomic E-state index is 12.7. The van der Waals surface area contributed by atoms with Gasteiger partial charge in [0.05, 0.1) is 6.20 Å². The van der Waals surface area contributed by atoms with Crippen LogP contribution in [0.3, 0.4) is 0 Å². The molecule has 0 aliphatic rings. The average molecular weight is 168 g/mol. The number of nitrogens with zero attached hydrogens (tertiary/aromatic N) is 1. The van der Waals surface area contributed by atoms with Crippen LogP contribution in [0.25, 0.3) is 0 Å². The first-order valence-corrected chi connectivity index (χ1v) is 3.49. The fraction of sp³-hybridized carbons (Fsp3) is 0.250. The van der Waals surface area contributed by atoms with Crippen LogP contribution >= 0.6 is 0 Å². The number of pyridine rings is 1. The minimum Gasteiger partial charge on any atom is -0.311 e. The van der Waals surface area contributed by atoms with Crippen LogP contribution in [0.1, 0.15) is 12.5 Å². The summed E-state index contributed by atoms with van der Waals surface area (Å²) in [7, 11) is 0. The average Bonchev–Trinajstić information content (AvgIpc) is 1.96. The first-order chi connectivity index (χ1) is 5.59. The molecule has 0 saturated carbocycles. The summed E-state index contributed by atoms with van der Waals surface area (Å²) in [5, 5.41) is 2.46. The summed E-state index contributed by atoms with van der Waals surface area (Å²) in [6.07, 6.45) is 1.08. The van der Waals surface area contributed by atoms with E-state index in [1.54, 1.807) is 6.92 Å². The third-order valence-corrected chi connectivity index (χ3v) is 1.35. The zero-order chi connectivity index (χ0) is 9.14. The number of nitrogens with one attached hydrogen (secondary N) is 1. The number of halogens is 1. The molecule has 1 aromatic rings. The second kappa shape index (κ2) is 3.30. The van der Waals surface area contributed by atoms with Gasteiger partial charge in [-0.05, 0) is 18.6 Å². The number of aromatic nitrogens is 1. The summed E-state index contributed by atoms with van der Waals surface area (Å²) in [5.74, 6) is -0.209. The standard InChI is InChI=1S/C8H9FN2O/c1-5-3-8(11-6(2)12)10-4-7(5)9/h3-4H,1-2H3,(H,10,11,12). The van der Waals surface area contributed by atoms with Gasteiger partial charge in [-0.3, -0.25) is 4.79 Å². The minimum absolute atomic E-state index is 0.214. The fourth-order valence-corrected chi connectivity index (χ4v) is 0.788. The van der Waals surface area contributed by atoms with E-state index in [1.807, 2.05) is 0 Å². The Morgan fingerprint density at radius 3 is 2.83 bits per heavy atom. The van der Waals surface area contributed by atoms with Gasteiger partial charge in [0.1, 0.15) is 11.6 Å². The van der Waals surface area contributed by atoms with Gasteiger partial charge < -0.3 is 5.32 Å². The van der Waals surface area contributed by atoms with E-state index in [4.69, 9.17) is 0 Å². The molecule has 12 heavy (non-hydrogen) atoms. The second-order valence-corrected chi connectivity index (χ2v) is 2.50. The molecule has 0 aliphatic heterocycles. The van der Waals surface area contributed by atoms with Crippen LogP contribution < -0.4 is 5.32 Å². The molecule has 0 unspecified atom stereocenters. The number of carbonyl (C=O) groups is 1. The van der Waals surface area contributed by atoms with Crippen LogP contribution in [0.2, 0.25) is 0 Å². The zero-order valence-electron chi connectivity index (χ0n) is 6.89. The molecule has 0 saturated heterocycles. The monoisotopic (exact) mass is 168 g/mol. The lowest BCUT2D eigenvalue weighted by Gasteiger charge is -2.01. The van der Waals surface area contributed by atoms with Crippen LogP contribution in [0, 0.1) is 12.7 Å². The number of carbonyl (C=O) groups excluding carboxylic acids is 1. The highest BCUT2D eigenvalue weighted by molar-refractivity contribution is 5.87. The Morgan fingerprint density at radius 1 is 1.67 bits per heavy atom. The lowest BCUT2D eigenvalue weighted by molar-refractivity contribution is -0.114. The molecule has 1 aromatic heterocycles. The van der Waals surface area contributed by atoms with Crippen LogP contribution in [0.15, 0.2) is 12.3 Å². The first kappa shape index (κ1) is 8.64. The minimum atomic E-state index is -0.371. The van der Waals surface area contributed by atoms with Gasteiger partial charge in [-0.1, -0.05) is 0 Å². The Kier molecular flexibility index (Phi) is 2.38. The molecule has 1 heterocycles. The van der Waals surface area contributed by atoms with Crippen molar-refractivity contribution in [2.45, 2.75) is 13.8 Å². The Morgan fingerprint density at radius 2 is 2.33 bits per heavy atom. The van der Waals surface area contributed by atoms with Crippen molar-refractivity contribution in [1.29, 1.82) is 0 Å². The molecule has 3 nitrogen and oxygen atoms in total. The Balaban J connectivity index is 2.89. The molecule has 1 rings (SSSR count). The number of hydrogen-bond acceptors (Lipinski definition) is 2. The highest BCUT2D eigenvalue weighted by Gasteiger charge is 2.00. The van der Waals surface area contributed by atoms with E-state index in [2.05, 4.69) is 10.3 Å². The van der Waals surface area contributed by atoms with Crippen molar-refractivity contribution in [2.75, 3.05) is 5.32 Å². The Bertz CT molecular complexity index is 312. The number of hydrogen-bond donors (Lipinski definition) is 1. The van der Waals surface area contributed by atoms with Crippen molar-refractivity contribution in [1.82, 2.24) is 4.98 Å². The number of amides is 1. The summed E-state index contributed by atoms with van der Waals surface area (Å²) in [5.41, 5.74) is 0.466. The van der Waals surface area contributed by atoms with E-state index in [1.165, 1.54) is 13.0 Å². The molecule has 64 valence electrons. The van der Waals surface area contributed by atoms with E-state index in [9.17, 15) is 9.18 Å². The first-order valence-electron chi connectivity index (χ1n) is 3.49. The summed E-state index contributed by atoms with van der Waals surface area (Å²) in [6.45, 7) is 2.99. The smallest absolute Gasteiger partial charge is 0.222 e. The molecule has 0 fully saturated rings. The van der Waals surface area contributed by atoms with E-state index in [0.717, 1.165) is 6.20 Å². The Hall–Kier alpha value is -1.45. The predicted molar refractivity (Wildman–Crippen MR) is 43.2 cm³/mol. The molecule has 4 heteroatoms. The van der Waals surface area contributed by atoms with Crippen LogP contribution in [-0.4, -0.2) is 10.9 Å². The van der Waals surface area contributed by atoms with Crippen molar-refractivity contribution in [3.63, 3.8) is 0 Å². The summed E-state index contributed by atoms with van der Waals surface area (Å²) >= 11 is 0. The molecular formula is C8H9FN2O. The quantitative estimate of drug-likeness (QED) is 0.690. The van der Waals surface area contributed by atoms with Gasteiger partial charge in [0.2, 0.25) is 5.91 Å². The molecule has 0 radical (unpaired) electrons. The zero-order valence-corrected chi connectivity index (χ0v) is 6.89. The molecular weight excluding hydrogens is 159 g/mol. The van der Waals surface area contributed by atoms with Crippen LogP contribution in [0.4, 0.5) is 10.2 Å². The van der Waals surface area contributed by atoms with Gasteiger partial charge in [-0.15, -0.1) is 0 Å². The fourth-order valence-electron chi connectivity index (χ4n) is 0.788.